The molecule has 0 aliphatic rings. The molecule has 3 amide bonds. The minimum atomic E-state index is -0.371. The van der Waals surface area contributed by atoms with Crippen LogP contribution in [0.25, 0.3) is 5.69 Å². The van der Waals surface area contributed by atoms with Crippen LogP contribution in [-0.2, 0) is 16.8 Å². The zero-order valence-electron chi connectivity index (χ0n) is 22.0. The number of aromatic nitrogens is 2. The molecule has 0 spiro atoms. The molecule has 196 valence electrons. The van der Waals surface area contributed by atoms with E-state index in [4.69, 9.17) is 16.7 Å². The van der Waals surface area contributed by atoms with E-state index < -0.39 is 0 Å². The van der Waals surface area contributed by atoms with Crippen LogP contribution in [-0.4, -0.2) is 33.2 Å². The van der Waals surface area contributed by atoms with E-state index in [1.807, 2.05) is 85.8 Å². The number of aryl methyl sites for hydroxylation is 1. The summed E-state index contributed by atoms with van der Waals surface area (Å²) in [7, 11) is 0. The topological polar surface area (TPSA) is 79.3 Å². The first-order valence-electron chi connectivity index (χ1n) is 12.4. The second-order valence-corrected chi connectivity index (χ2v) is 10.6. The Labute approximate surface area is 228 Å². The molecule has 0 aliphatic heterocycles. The standard InChI is InChI=1S/C30H32ClN5O2/c1-21-11-10-14-23(17-21)32-29(38)35(19-22-12-6-5-7-13-22)20-28(37)33-27-18-26(30(2,3)4)34-36(27)25-16-9-8-15-24(25)31/h5-18H,19-20H2,1-4H3,(H,32,38)(H,33,37). The van der Waals surface area contributed by atoms with Crippen molar-refractivity contribution in [3.63, 3.8) is 0 Å². The lowest BCUT2D eigenvalue weighted by atomic mass is 9.92. The first kappa shape index (κ1) is 26.9. The van der Waals surface area contributed by atoms with Crippen molar-refractivity contribution in [3.05, 3.63) is 107 Å². The number of carbonyl (C=O) groups excluding carboxylic acids is 2. The third kappa shape index (κ3) is 6.81. The average molecular weight is 530 g/mol. The summed E-state index contributed by atoms with van der Waals surface area (Å²) in [5.74, 6) is 0.126. The minimum Gasteiger partial charge on any atom is -0.311 e. The molecular weight excluding hydrogens is 498 g/mol. The van der Waals surface area contributed by atoms with Crippen molar-refractivity contribution in [3.8, 4) is 5.69 Å². The molecule has 0 fully saturated rings. The van der Waals surface area contributed by atoms with Crippen molar-refractivity contribution in [1.29, 1.82) is 0 Å². The Kier molecular flexibility index (Phi) is 8.17. The quantitative estimate of drug-likeness (QED) is 0.276. The SMILES string of the molecule is Cc1cccc(NC(=O)N(CC(=O)Nc2cc(C(C)(C)C)nn2-c2ccccc2Cl)Cc2ccccc2)c1. The van der Waals surface area contributed by atoms with Gasteiger partial charge in [0.25, 0.3) is 0 Å². The van der Waals surface area contributed by atoms with Gasteiger partial charge in [-0.3, -0.25) is 4.79 Å². The number of para-hydroxylation sites is 1. The lowest BCUT2D eigenvalue weighted by molar-refractivity contribution is -0.116. The first-order valence-corrected chi connectivity index (χ1v) is 12.8. The van der Waals surface area contributed by atoms with Gasteiger partial charge in [-0.25, -0.2) is 9.48 Å². The molecule has 7 nitrogen and oxygen atoms in total. The molecule has 38 heavy (non-hydrogen) atoms. The summed E-state index contributed by atoms with van der Waals surface area (Å²) in [6.45, 7) is 8.21. The lowest BCUT2D eigenvalue weighted by Gasteiger charge is -2.23. The molecular formula is C30H32ClN5O2. The number of nitrogens with zero attached hydrogens (tertiary/aromatic N) is 3. The van der Waals surface area contributed by atoms with Gasteiger partial charge in [0.05, 0.1) is 16.4 Å². The van der Waals surface area contributed by atoms with Gasteiger partial charge in [0.15, 0.2) is 0 Å². The Bertz CT molecular complexity index is 1430. The number of hydrogen-bond donors (Lipinski definition) is 2. The second-order valence-electron chi connectivity index (χ2n) is 10.2. The van der Waals surface area contributed by atoms with E-state index in [0.29, 0.717) is 22.2 Å². The van der Waals surface area contributed by atoms with Crippen LogP contribution in [0, 0.1) is 6.92 Å². The van der Waals surface area contributed by atoms with Crippen molar-refractivity contribution < 1.29 is 9.59 Å². The van der Waals surface area contributed by atoms with E-state index in [2.05, 4.69) is 31.4 Å². The van der Waals surface area contributed by atoms with Gasteiger partial charge in [-0.1, -0.05) is 87.0 Å². The Morgan fingerprint density at radius 3 is 2.32 bits per heavy atom. The molecule has 0 saturated heterocycles. The van der Waals surface area contributed by atoms with Crippen LogP contribution in [0.3, 0.4) is 0 Å². The number of amides is 3. The second kappa shape index (κ2) is 11.5. The molecule has 0 unspecified atom stereocenters. The van der Waals surface area contributed by atoms with Crippen molar-refractivity contribution in [2.75, 3.05) is 17.2 Å². The van der Waals surface area contributed by atoms with Gasteiger partial charge in [0.2, 0.25) is 5.91 Å². The number of carbonyl (C=O) groups is 2. The zero-order chi connectivity index (χ0) is 27.3. The van der Waals surface area contributed by atoms with Crippen LogP contribution in [0.2, 0.25) is 5.02 Å². The third-order valence-electron chi connectivity index (χ3n) is 5.93. The molecule has 0 saturated carbocycles. The smallest absolute Gasteiger partial charge is 0.311 e. The molecule has 8 heteroatoms. The fourth-order valence-corrected chi connectivity index (χ4v) is 4.14. The fourth-order valence-electron chi connectivity index (χ4n) is 3.93. The summed E-state index contributed by atoms with van der Waals surface area (Å²) in [6, 6.07) is 25.9. The summed E-state index contributed by atoms with van der Waals surface area (Å²) in [5, 5.41) is 11.1. The number of halogens is 1. The summed E-state index contributed by atoms with van der Waals surface area (Å²) >= 11 is 6.46. The maximum Gasteiger partial charge on any atom is 0.322 e. The van der Waals surface area contributed by atoms with E-state index in [1.165, 1.54) is 4.90 Å². The summed E-state index contributed by atoms with van der Waals surface area (Å²) in [6.07, 6.45) is 0. The third-order valence-corrected chi connectivity index (χ3v) is 6.25. The van der Waals surface area contributed by atoms with Gasteiger partial charge < -0.3 is 15.5 Å². The maximum atomic E-state index is 13.3. The van der Waals surface area contributed by atoms with Crippen LogP contribution < -0.4 is 10.6 Å². The van der Waals surface area contributed by atoms with Gasteiger partial charge >= 0.3 is 6.03 Å². The molecule has 0 atom stereocenters. The molecule has 4 aromatic rings. The van der Waals surface area contributed by atoms with Crippen molar-refractivity contribution >= 4 is 35.0 Å². The molecule has 0 bridgehead atoms. The van der Waals surface area contributed by atoms with Gasteiger partial charge in [-0.05, 0) is 42.3 Å². The molecule has 0 aliphatic carbocycles. The van der Waals surface area contributed by atoms with E-state index in [1.54, 1.807) is 10.7 Å². The Hall–Kier alpha value is -4.10. The number of benzene rings is 3. The highest BCUT2D eigenvalue weighted by Gasteiger charge is 2.24. The highest BCUT2D eigenvalue weighted by Crippen LogP contribution is 2.29. The van der Waals surface area contributed by atoms with Crippen LogP contribution in [0.4, 0.5) is 16.3 Å². The Morgan fingerprint density at radius 2 is 1.63 bits per heavy atom. The molecule has 1 heterocycles. The van der Waals surface area contributed by atoms with Crippen molar-refractivity contribution in [2.24, 2.45) is 0 Å². The van der Waals surface area contributed by atoms with Crippen LogP contribution in [0.1, 0.15) is 37.6 Å². The Morgan fingerprint density at radius 1 is 0.921 bits per heavy atom. The summed E-state index contributed by atoms with van der Waals surface area (Å²) < 4.78 is 1.63. The highest BCUT2D eigenvalue weighted by molar-refractivity contribution is 6.32. The molecule has 1 aromatic heterocycles. The lowest BCUT2D eigenvalue weighted by Crippen LogP contribution is -2.40. The number of anilines is 2. The van der Waals surface area contributed by atoms with Crippen LogP contribution >= 0.6 is 11.6 Å². The van der Waals surface area contributed by atoms with E-state index in [9.17, 15) is 9.59 Å². The normalized spacial score (nSPS) is 11.2. The predicted octanol–water partition coefficient (Wildman–Crippen LogP) is 6.80. The highest BCUT2D eigenvalue weighted by atomic mass is 35.5. The number of nitrogens with one attached hydrogen (secondary N) is 2. The number of hydrogen-bond acceptors (Lipinski definition) is 3. The molecule has 0 radical (unpaired) electrons. The summed E-state index contributed by atoms with van der Waals surface area (Å²) in [4.78, 5) is 28.1. The summed E-state index contributed by atoms with van der Waals surface area (Å²) in [5.41, 5.74) is 3.80. The number of urea groups is 1. The predicted molar refractivity (Wildman–Crippen MR) is 153 cm³/mol. The molecule has 3 aromatic carbocycles. The van der Waals surface area contributed by atoms with Gasteiger partial charge in [0.1, 0.15) is 12.4 Å². The maximum absolute atomic E-state index is 13.3. The van der Waals surface area contributed by atoms with Crippen LogP contribution in [0.5, 0.6) is 0 Å². The van der Waals surface area contributed by atoms with Gasteiger partial charge in [0, 0.05) is 23.7 Å². The van der Waals surface area contributed by atoms with E-state index >= 15 is 0 Å². The molecule has 4 rings (SSSR count). The minimum absolute atomic E-state index is 0.162. The van der Waals surface area contributed by atoms with Crippen LogP contribution in [0.15, 0.2) is 84.9 Å². The zero-order valence-corrected chi connectivity index (χ0v) is 22.8. The van der Waals surface area contributed by atoms with Gasteiger partial charge in [-0.2, -0.15) is 5.10 Å². The monoisotopic (exact) mass is 529 g/mol. The van der Waals surface area contributed by atoms with Crippen molar-refractivity contribution in [2.45, 2.75) is 39.7 Å². The van der Waals surface area contributed by atoms with E-state index in [-0.39, 0.29) is 30.4 Å². The number of rotatable bonds is 7. The van der Waals surface area contributed by atoms with Crippen molar-refractivity contribution in [1.82, 2.24) is 14.7 Å². The first-order chi connectivity index (χ1) is 18.1. The average Bonchev–Trinajstić information content (AvgIpc) is 3.28. The fraction of sp³-hybridized carbons (Fsp3) is 0.233. The molecule has 2 N–H and O–H groups in total. The Balaban J connectivity index is 1.59. The largest absolute Gasteiger partial charge is 0.322 e. The van der Waals surface area contributed by atoms with E-state index in [0.717, 1.165) is 16.8 Å². The van der Waals surface area contributed by atoms with Gasteiger partial charge in [-0.15, -0.1) is 0 Å².